The largest absolute Gasteiger partial charge is 0.494 e. The number of rotatable bonds is 7. The molecule has 2 aromatic carbocycles. The molecule has 0 aliphatic carbocycles. The van der Waals surface area contributed by atoms with Crippen molar-refractivity contribution in [3.63, 3.8) is 0 Å². The van der Waals surface area contributed by atoms with Crippen LogP contribution in [0.5, 0.6) is 11.6 Å². The third kappa shape index (κ3) is 4.48. The van der Waals surface area contributed by atoms with Crippen molar-refractivity contribution < 1.29 is 18.3 Å². The fourth-order valence-corrected chi connectivity index (χ4v) is 3.55. The van der Waals surface area contributed by atoms with Crippen LogP contribution in [0.15, 0.2) is 61.5 Å². The van der Waals surface area contributed by atoms with Crippen LogP contribution < -0.4 is 4.74 Å². The van der Waals surface area contributed by atoms with Gasteiger partial charge >= 0.3 is 0 Å². The quantitative estimate of drug-likeness (QED) is 0.376. The number of aromatic amines is 1. The lowest BCUT2D eigenvalue weighted by atomic mass is 10.2. The van der Waals surface area contributed by atoms with E-state index in [2.05, 4.69) is 37.5 Å². The van der Waals surface area contributed by atoms with Crippen LogP contribution >= 0.6 is 15.9 Å². The Morgan fingerprint density at radius 1 is 1.19 bits per heavy atom. The van der Waals surface area contributed by atoms with Gasteiger partial charge in [-0.3, -0.25) is 0 Å². The van der Waals surface area contributed by atoms with Gasteiger partial charge in [0.25, 0.3) is 10.0 Å². The molecule has 3 rings (SSSR count). The van der Waals surface area contributed by atoms with Gasteiger partial charge in [-0.2, -0.15) is 8.42 Å². The van der Waals surface area contributed by atoms with Crippen LogP contribution in [0.1, 0.15) is 19.8 Å². The predicted molar refractivity (Wildman–Crippen MR) is 106 cm³/mol. The van der Waals surface area contributed by atoms with E-state index in [0.717, 1.165) is 17.3 Å². The zero-order valence-corrected chi connectivity index (χ0v) is 16.9. The summed E-state index contributed by atoms with van der Waals surface area (Å²) in [6, 6.07) is 11.2. The topological polar surface area (TPSA) is 104 Å². The molecule has 0 aliphatic rings. The monoisotopic (exact) mass is 451 g/mol. The second kappa shape index (κ2) is 8.10. The number of H-pyrrole nitrogens is 1. The lowest BCUT2D eigenvalue weighted by Gasteiger charge is -2.05. The molecule has 0 bridgehead atoms. The van der Waals surface area contributed by atoms with Crippen molar-refractivity contribution in [1.29, 1.82) is 0 Å². The number of nitrogens with zero attached hydrogens (tertiary/aromatic N) is 2. The van der Waals surface area contributed by atoms with E-state index in [1.807, 2.05) is 0 Å². The summed E-state index contributed by atoms with van der Waals surface area (Å²) in [6.45, 7) is 2.64. The van der Waals surface area contributed by atoms with Crippen molar-refractivity contribution in [2.24, 2.45) is 9.63 Å². The van der Waals surface area contributed by atoms with Crippen molar-refractivity contribution in [3.05, 3.63) is 46.9 Å². The molecule has 0 atom stereocenters. The van der Waals surface area contributed by atoms with Gasteiger partial charge in [0.05, 0.1) is 17.0 Å². The molecule has 1 aromatic heterocycles. The summed E-state index contributed by atoms with van der Waals surface area (Å²) in [4.78, 5) is 2.73. The first kappa shape index (κ1) is 19.4. The minimum Gasteiger partial charge on any atom is -0.494 e. The number of benzene rings is 2. The molecule has 0 radical (unpaired) electrons. The summed E-state index contributed by atoms with van der Waals surface area (Å²) in [5.41, 5.74) is 0.685. The standard InChI is InChI=1S/C18H18BrN3O4S/c1-2-3-10-26-13-5-7-14(8-6-13)27(24,25)22-21-17-15-11-12(19)4-9-16(15)20-18(17)23/h4-9,11,20,23H,2-3,10H2,1H3. The Balaban J connectivity index is 1.84. The van der Waals surface area contributed by atoms with Gasteiger partial charge in [0.15, 0.2) is 5.69 Å². The number of aromatic nitrogens is 1. The van der Waals surface area contributed by atoms with E-state index in [9.17, 15) is 13.5 Å². The van der Waals surface area contributed by atoms with Gasteiger partial charge in [-0.05, 0) is 48.9 Å². The zero-order chi connectivity index (χ0) is 19.4. The molecule has 0 fully saturated rings. The van der Waals surface area contributed by atoms with E-state index in [1.54, 1.807) is 30.3 Å². The average Bonchev–Trinajstić information content (AvgIpc) is 2.95. The number of aromatic hydroxyl groups is 1. The summed E-state index contributed by atoms with van der Waals surface area (Å²) in [7, 11) is -4.01. The molecule has 1 heterocycles. The van der Waals surface area contributed by atoms with E-state index >= 15 is 0 Å². The summed E-state index contributed by atoms with van der Waals surface area (Å²) >= 11 is 3.33. The summed E-state index contributed by atoms with van der Waals surface area (Å²) in [5.74, 6) is 0.347. The molecule has 2 N–H and O–H groups in total. The Morgan fingerprint density at radius 3 is 2.63 bits per heavy atom. The van der Waals surface area contributed by atoms with Gasteiger partial charge < -0.3 is 14.8 Å². The molecule has 0 unspecified atom stereocenters. The van der Waals surface area contributed by atoms with E-state index in [4.69, 9.17) is 4.74 Å². The minimum atomic E-state index is -4.01. The lowest BCUT2D eigenvalue weighted by Crippen LogP contribution is -1.98. The third-order valence-electron chi connectivity index (χ3n) is 3.85. The number of sulfonamides is 1. The molecule has 3 aromatic rings. The SMILES string of the molecule is CCCCOc1ccc(S(=O)(=O)N=Nc2c(O)[nH]c3ccc(Br)cc23)cc1. The maximum atomic E-state index is 12.4. The summed E-state index contributed by atoms with van der Waals surface area (Å²) in [6.07, 6.45) is 1.95. The molecule has 0 aliphatic heterocycles. The number of halogens is 1. The number of unbranched alkanes of at least 4 members (excludes halogenated alkanes) is 1. The maximum absolute atomic E-state index is 12.4. The molecular formula is C18H18BrN3O4S. The number of fused-ring (bicyclic) bond motifs is 1. The first-order valence-electron chi connectivity index (χ1n) is 8.32. The summed E-state index contributed by atoms with van der Waals surface area (Å²) < 4.78 is 34.6. The number of hydrogen-bond donors (Lipinski definition) is 2. The van der Waals surface area contributed by atoms with Gasteiger partial charge in [0.1, 0.15) is 5.75 Å². The molecule has 0 spiro atoms. The van der Waals surface area contributed by atoms with E-state index < -0.39 is 10.0 Å². The highest BCUT2D eigenvalue weighted by molar-refractivity contribution is 9.10. The first-order valence-corrected chi connectivity index (χ1v) is 10.5. The second-order valence-electron chi connectivity index (χ2n) is 5.84. The zero-order valence-electron chi connectivity index (χ0n) is 14.5. The molecule has 27 heavy (non-hydrogen) atoms. The van der Waals surface area contributed by atoms with Crippen LogP contribution in [0.2, 0.25) is 0 Å². The van der Waals surface area contributed by atoms with Crippen LogP contribution in [-0.4, -0.2) is 25.1 Å². The summed E-state index contributed by atoms with van der Waals surface area (Å²) in [5, 5.41) is 14.3. The Morgan fingerprint density at radius 2 is 1.93 bits per heavy atom. The van der Waals surface area contributed by atoms with Gasteiger partial charge in [-0.1, -0.05) is 33.8 Å². The second-order valence-corrected chi connectivity index (χ2v) is 8.34. The van der Waals surface area contributed by atoms with Gasteiger partial charge in [0.2, 0.25) is 5.88 Å². The Hall–Kier alpha value is -2.39. The van der Waals surface area contributed by atoms with E-state index in [1.165, 1.54) is 12.1 Å². The first-order chi connectivity index (χ1) is 12.9. The smallest absolute Gasteiger partial charge is 0.299 e. The van der Waals surface area contributed by atoms with Crippen molar-refractivity contribution in [2.75, 3.05) is 6.61 Å². The van der Waals surface area contributed by atoms with Crippen LogP contribution in [0.3, 0.4) is 0 Å². The Kier molecular flexibility index (Phi) is 5.81. The fraction of sp³-hybridized carbons (Fsp3) is 0.222. The van der Waals surface area contributed by atoms with Crippen molar-refractivity contribution >= 4 is 42.5 Å². The number of ether oxygens (including phenoxy) is 1. The molecule has 7 nitrogen and oxygen atoms in total. The van der Waals surface area contributed by atoms with Gasteiger partial charge in [-0.15, -0.1) is 5.11 Å². The highest BCUT2D eigenvalue weighted by atomic mass is 79.9. The van der Waals surface area contributed by atoms with Crippen LogP contribution in [0.25, 0.3) is 10.9 Å². The van der Waals surface area contributed by atoms with Crippen molar-refractivity contribution in [2.45, 2.75) is 24.7 Å². The molecule has 0 saturated carbocycles. The highest BCUT2D eigenvalue weighted by Gasteiger charge is 2.16. The maximum Gasteiger partial charge on any atom is 0.299 e. The minimum absolute atomic E-state index is 0.00500. The molecule has 0 amide bonds. The Bertz CT molecular complexity index is 1080. The van der Waals surface area contributed by atoms with E-state index in [-0.39, 0.29) is 16.5 Å². The number of nitrogens with one attached hydrogen (secondary N) is 1. The predicted octanol–water partition coefficient (Wildman–Crippen LogP) is 5.29. The molecule has 0 saturated heterocycles. The fourth-order valence-electron chi connectivity index (χ4n) is 2.42. The van der Waals surface area contributed by atoms with Crippen molar-refractivity contribution in [1.82, 2.24) is 4.98 Å². The normalized spacial score (nSPS) is 12.1. The lowest BCUT2D eigenvalue weighted by molar-refractivity contribution is 0.309. The molecule has 9 heteroatoms. The van der Waals surface area contributed by atoms with Gasteiger partial charge in [0, 0.05) is 9.86 Å². The molecule has 142 valence electrons. The van der Waals surface area contributed by atoms with Crippen molar-refractivity contribution in [3.8, 4) is 11.6 Å². The molecular weight excluding hydrogens is 434 g/mol. The Labute approximate surface area is 165 Å². The number of hydrogen-bond acceptors (Lipinski definition) is 5. The van der Waals surface area contributed by atoms with E-state index in [0.29, 0.717) is 23.3 Å². The average molecular weight is 452 g/mol. The third-order valence-corrected chi connectivity index (χ3v) is 5.51. The van der Waals surface area contributed by atoms with Crippen LogP contribution in [-0.2, 0) is 10.0 Å². The van der Waals surface area contributed by atoms with Crippen LogP contribution in [0.4, 0.5) is 5.69 Å². The van der Waals surface area contributed by atoms with Gasteiger partial charge in [-0.25, -0.2) is 0 Å². The highest BCUT2D eigenvalue weighted by Crippen LogP contribution is 2.37. The van der Waals surface area contributed by atoms with Crippen LogP contribution in [0, 0.1) is 0 Å².